The van der Waals surface area contributed by atoms with Gasteiger partial charge in [-0.25, -0.2) is 9.48 Å². The van der Waals surface area contributed by atoms with Gasteiger partial charge in [0, 0.05) is 17.2 Å². The summed E-state index contributed by atoms with van der Waals surface area (Å²) in [4.78, 5) is 26.3. The molecule has 7 heteroatoms. The van der Waals surface area contributed by atoms with Gasteiger partial charge in [-0.05, 0) is 41.8 Å². The van der Waals surface area contributed by atoms with Gasteiger partial charge < -0.3 is 10.0 Å². The lowest BCUT2D eigenvalue weighted by Crippen LogP contribution is -2.43. The summed E-state index contributed by atoms with van der Waals surface area (Å²) in [6, 6.07) is 15.5. The molecule has 1 aliphatic heterocycles. The van der Waals surface area contributed by atoms with E-state index in [0.29, 0.717) is 18.5 Å². The lowest BCUT2D eigenvalue weighted by Gasteiger charge is -2.34. The summed E-state index contributed by atoms with van der Waals surface area (Å²) in [6.07, 6.45) is 2.32. The molecule has 0 saturated heterocycles. The zero-order valence-electron chi connectivity index (χ0n) is 14.2. The monoisotopic (exact) mass is 425 g/mol. The average Bonchev–Trinajstić information content (AvgIpc) is 3.16. The Balaban J connectivity index is 1.66. The summed E-state index contributed by atoms with van der Waals surface area (Å²) in [5.41, 5.74) is 2.66. The zero-order valence-corrected chi connectivity index (χ0v) is 15.8. The standard InChI is InChI=1S/C20H16BrN3O3/c21-14-5-3-6-15(12-14)24-11-9-17(22-24)19(25)23-10-8-13-4-1-2-7-16(13)18(23)20(26)27/h1-7,9,11-12,18H,8,10H2,(H,26,27). The topological polar surface area (TPSA) is 75.4 Å². The van der Waals surface area contributed by atoms with E-state index in [1.807, 2.05) is 36.4 Å². The fourth-order valence-electron chi connectivity index (χ4n) is 3.40. The minimum atomic E-state index is -1.04. The number of benzene rings is 2. The fourth-order valence-corrected chi connectivity index (χ4v) is 3.79. The molecule has 1 unspecified atom stereocenters. The van der Waals surface area contributed by atoms with Crippen LogP contribution in [-0.4, -0.2) is 38.2 Å². The molecule has 0 aliphatic carbocycles. The van der Waals surface area contributed by atoms with Gasteiger partial charge in [-0.15, -0.1) is 0 Å². The molecule has 6 nitrogen and oxygen atoms in total. The van der Waals surface area contributed by atoms with Gasteiger partial charge in [-0.2, -0.15) is 5.10 Å². The van der Waals surface area contributed by atoms with E-state index in [9.17, 15) is 14.7 Å². The van der Waals surface area contributed by atoms with E-state index in [2.05, 4.69) is 21.0 Å². The minimum absolute atomic E-state index is 0.223. The minimum Gasteiger partial charge on any atom is -0.479 e. The Kier molecular flexibility index (Phi) is 4.53. The van der Waals surface area contributed by atoms with Crippen LogP contribution in [0.5, 0.6) is 0 Å². The summed E-state index contributed by atoms with van der Waals surface area (Å²) in [6.45, 7) is 0.344. The van der Waals surface area contributed by atoms with E-state index < -0.39 is 12.0 Å². The van der Waals surface area contributed by atoms with Gasteiger partial charge >= 0.3 is 5.97 Å². The molecule has 0 spiro atoms. The molecular weight excluding hydrogens is 410 g/mol. The Morgan fingerprint density at radius 3 is 2.70 bits per heavy atom. The molecule has 0 fully saturated rings. The highest BCUT2D eigenvalue weighted by atomic mass is 79.9. The molecule has 1 amide bonds. The molecule has 0 bridgehead atoms. The van der Waals surface area contributed by atoms with Crippen molar-refractivity contribution in [2.24, 2.45) is 0 Å². The zero-order chi connectivity index (χ0) is 19.0. The third-order valence-electron chi connectivity index (χ3n) is 4.66. The Labute approximate surface area is 164 Å². The number of aliphatic carboxylic acids is 1. The molecule has 27 heavy (non-hydrogen) atoms. The van der Waals surface area contributed by atoms with Crippen LogP contribution in [0.15, 0.2) is 65.3 Å². The van der Waals surface area contributed by atoms with Crippen molar-refractivity contribution >= 4 is 27.8 Å². The first kappa shape index (κ1) is 17.5. The van der Waals surface area contributed by atoms with Gasteiger partial charge in [-0.3, -0.25) is 4.79 Å². The summed E-state index contributed by atoms with van der Waals surface area (Å²) in [7, 11) is 0. The summed E-state index contributed by atoms with van der Waals surface area (Å²) in [5, 5.41) is 14.1. The first-order valence-corrected chi connectivity index (χ1v) is 9.27. The van der Waals surface area contributed by atoms with Crippen molar-refractivity contribution in [3.63, 3.8) is 0 Å². The molecule has 2 heterocycles. The van der Waals surface area contributed by atoms with E-state index in [1.165, 1.54) is 4.90 Å². The van der Waals surface area contributed by atoms with E-state index >= 15 is 0 Å². The lowest BCUT2D eigenvalue weighted by atomic mass is 9.92. The van der Waals surface area contributed by atoms with Gasteiger partial charge in [-0.1, -0.05) is 46.3 Å². The van der Waals surface area contributed by atoms with Crippen LogP contribution in [0.4, 0.5) is 0 Å². The second-order valence-corrected chi connectivity index (χ2v) is 7.23. The Morgan fingerprint density at radius 1 is 1.11 bits per heavy atom. The Bertz CT molecular complexity index is 1030. The van der Waals surface area contributed by atoms with Crippen LogP contribution in [-0.2, 0) is 11.2 Å². The number of carbonyl (C=O) groups is 2. The van der Waals surface area contributed by atoms with Gasteiger partial charge in [0.15, 0.2) is 11.7 Å². The molecule has 0 saturated carbocycles. The molecule has 1 N–H and O–H groups in total. The smallest absolute Gasteiger partial charge is 0.331 e. The largest absolute Gasteiger partial charge is 0.479 e. The third kappa shape index (κ3) is 3.26. The Hall–Kier alpha value is -2.93. The summed E-state index contributed by atoms with van der Waals surface area (Å²) >= 11 is 3.42. The van der Waals surface area contributed by atoms with E-state index in [1.54, 1.807) is 29.1 Å². The van der Waals surface area contributed by atoms with Crippen molar-refractivity contribution in [2.75, 3.05) is 6.54 Å². The van der Waals surface area contributed by atoms with Crippen LogP contribution in [0.25, 0.3) is 5.69 Å². The fraction of sp³-hybridized carbons (Fsp3) is 0.150. The van der Waals surface area contributed by atoms with Crippen molar-refractivity contribution in [3.8, 4) is 5.69 Å². The number of nitrogens with zero attached hydrogens (tertiary/aromatic N) is 3. The van der Waals surface area contributed by atoms with Crippen molar-refractivity contribution in [3.05, 3.63) is 82.1 Å². The highest BCUT2D eigenvalue weighted by Crippen LogP contribution is 2.31. The van der Waals surface area contributed by atoms with Gasteiger partial charge in [0.1, 0.15) is 0 Å². The van der Waals surface area contributed by atoms with Gasteiger partial charge in [0.05, 0.1) is 5.69 Å². The second kappa shape index (κ2) is 7.00. The molecule has 1 aliphatic rings. The predicted octanol–water partition coefficient (Wildman–Crippen LogP) is 3.46. The van der Waals surface area contributed by atoms with Crippen LogP contribution in [0, 0.1) is 0 Å². The number of hydrogen-bond donors (Lipinski definition) is 1. The second-order valence-electron chi connectivity index (χ2n) is 6.31. The van der Waals surface area contributed by atoms with Crippen molar-refractivity contribution in [1.82, 2.24) is 14.7 Å². The van der Waals surface area contributed by atoms with Crippen LogP contribution in [0.1, 0.15) is 27.7 Å². The van der Waals surface area contributed by atoms with Crippen LogP contribution >= 0.6 is 15.9 Å². The Morgan fingerprint density at radius 2 is 1.93 bits per heavy atom. The predicted molar refractivity (Wildman–Crippen MR) is 103 cm³/mol. The van der Waals surface area contributed by atoms with E-state index in [-0.39, 0.29) is 11.6 Å². The maximum absolute atomic E-state index is 13.0. The van der Waals surface area contributed by atoms with E-state index in [0.717, 1.165) is 15.7 Å². The number of amides is 1. The molecular formula is C20H16BrN3O3. The molecule has 2 aromatic carbocycles. The SMILES string of the molecule is O=C(O)C1c2ccccc2CCN1C(=O)c1ccn(-c2cccc(Br)c2)n1. The van der Waals surface area contributed by atoms with Crippen molar-refractivity contribution in [2.45, 2.75) is 12.5 Å². The molecule has 136 valence electrons. The van der Waals surface area contributed by atoms with Crippen LogP contribution in [0.2, 0.25) is 0 Å². The quantitative estimate of drug-likeness (QED) is 0.696. The van der Waals surface area contributed by atoms with E-state index in [4.69, 9.17) is 0 Å². The highest BCUT2D eigenvalue weighted by Gasteiger charge is 2.36. The lowest BCUT2D eigenvalue weighted by molar-refractivity contribution is -0.143. The molecule has 3 aromatic rings. The maximum atomic E-state index is 13.0. The van der Waals surface area contributed by atoms with Crippen molar-refractivity contribution in [1.29, 1.82) is 0 Å². The van der Waals surface area contributed by atoms with Gasteiger partial charge in [0.25, 0.3) is 5.91 Å². The number of carboxylic acid groups (broad SMARTS) is 1. The number of rotatable bonds is 3. The molecule has 0 radical (unpaired) electrons. The van der Waals surface area contributed by atoms with Crippen LogP contribution < -0.4 is 0 Å². The first-order valence-electron chi connectivity index (χ1n) is 8.48. The number of carbonyl (C=O) groups excluding carboxylic acids is 1. The maximum Gasteiger partial charge on any atom is 0.331 e. The molecule has 1 aromatic heterocycles. The summed E-state index contributed by atoms with van der Waals surface area (Å²) in [5.74, 6) is -1.42. The van der Waals surface area contributed by atoms with Crippen molar-refractivity contribution < 1.29 is 14.7 Å². The number of halogens is 1. The summed E-state index contributed by atoms with van der Waals surface area (Å²) < 4.78 is 2.51. The number of aromatic nitrogens is 2. The highest BCUT2D eigenvalue weighted by molar-refractivity contribution is 9.10. The van der Waals surface area contributed by atoms with Crippen LogP contribution in [0.3, 0.4) is 0 Å². The average molecular weight is 426 g/mol. The first-order chi connectivity index (χ1) is 13.0. The molecule has 4 rings (SSSR count). The normalized spacial score (nSPS) is 16.0. The third-order valence-corrected chi connectivity index (χ3v) is 5.15. The molecule has 1 atom stereocenters. The number of carboxylic acids is 1. The number of fused-ring (bicyclic) bond motifs is 1. The number of hydrogen-bond acceptors (Lipinski definition) is 3. The van der Waals surface area contributed by atoms with Gasteiger partial charge in [0.2, 0.25) is 0 Å².